The number of benzene rings is 2. The minimum absolute atomic E-state index is 0.0752. The molecule has 0 radical (unpaired) electrons. The van der Waals surface area contributed by atoms with Gasteiger partial charge in [-0.05, 0) is 281 Å². The Bertz CT molecular complexity index is 3370. The van der Waals surface area contributed by atoms with E-state index in [2.05, 4.69) is 116 Å². The van der Waals surface area contributed by atoms with Crippen LogP contribution >= 0.6 is 11.6 Å². The summed E-state index contributed by atoms with van der Waals surface area (Å²) in [6.07, 6.45) is 12.4. The summed E-state index contributed by atoms with van der Waals surface area (Å²) in [5.74, 6) is 5.85. The fourth-order valence-corrected chi connectivity index (χ4v) is 27.0. The smallest absolute Gasteiger partial charge is 0.369 e. The third-order valence-electron chi connectivity index (χ3n) is 32.2. The second kappa shape index (κ2) is 25.1. The zero-order valence-corrected chi connectivity index (χ0v) is 61.5. The maximum atomic E-state index is 14.9. The van der Waals surface area contributed by atoms with Crippen molar-refractivity contribution in [1.29, 1.82) is 0 Å². The first kappa shape index (κ1) is 72.6. The number of rotatable bonds is 6. The maximum Gasteiger partial charge on any atom is 0.416 e. The molecule has 12 aliphatic rings. The van der Waals surface area contributed by atoms with Gasteiger partial charge in [0.1, 0.15) is 11.6 Å². The molecule has 536 valence electrons. The molecule has 2 aromatic rings. The van der Waals surface area contributed by atoms with Crippen LogP contribution in [0.15, 0.2) is 72.8 Å². The summed E-state index contributed by atoms with van der Waals surface area (Å²) in [6.45, 7) is 43.5. The second-order valence-corrected chi connectivity index (χ2v) is 36.7. The molecule has 4 unspecified atom stereocenters. The van der Waals surface area contributed by atoms with E-state index in [1.54, 1.807) is 12.1 Å². The van der Waals surface area contributed by atoms with Crippen LogP contribution in [0.25, 0.3) is 0 Å². The third kappa shape index (κ3) is 11.3. The van der Waals surface area contributed by atoms with Gasteiger partial charge in [0.05, 0.1) is 16.5 Å². The van der Waals surface area contributed by atoms with Crippen LogP contribution in [0.5, 0.6) is 0 Å². The van der Waals surface area contributed by atoms with Gasteiger partial charge in [-0.2, -0.15) is 26.3 Å². The average Bonchev–Trinajstić information content (AvgIpc) is 1.64. The van der Waals surface area contributed by atoms with E-state index in [0.29, 0.717) is 109 Å². The number of piperazine rings is 2. The molecule has 2 aromatic carbocycles. The lowest BCUT2D eigenvalue weighted by Gasteiger charge is -2.72. The van der Waals surface area contributed by atoms with Crippen molar-refractivity contribution in [3.8, 4) is 0 Å². The first-order chi connectivity index (χ1) is 45.2. The van der Waals surface area contributed by atoms with Crippen LogP contribution in [-0.2, 0) is 31.5 Å². The number of ketones is 2. The van der Waals surface area contributed by atoms with Crippen molar-refractivity contribution < 1.29 is 45.5 Å². The van der Waals surface area contributed by atoms with Gasteiger partial charge in [-0.1, -0.05) is 93.5 Å². The first-order valence-electron chi connectivity index (χ1n) is 37.6. The number of halogens is 7. The number of fused-ring (bicyclic) bond motifs is 14. The Balaban J connectivity index is 0.000000157. The zero-order valence-electron chi connectivity index (χ0n) is 60.7. The first-order valence-corrected chi connectivity index (χ1v) is 38.0. The highest BCUT2D eigenvalue weighted by molar-refractivity contribution is 6.64. The van der Waals surface area contributed by atoms with Crippen molar-refractivity contribution in [3.05, 3.63) is 84.0 Å². The van der Waals surface area contributed by atoms with Gasteiger partial charge < -0.3 is 20.0 Å². The number of alkyl halides is 6. The van der Waals surface area contributed by atoms with E-state index in [9.17, 15) is 45.5 Å². The Labute approximate surface area is 581 Å². The summed E-state index contributed by atoms with van der Waals surface area (Å²) in [7, 11) is 0. The van der Waals surface area contributed by atoms with Crippen molar-refractivity contribution in [1.82, 2.24) is 10.2 Å². The molecule has 10 aliphatic carbocycles. The average molecular weight is 1370 g/mol. The van der Waals surface area contributed by atoms with Gasteiger partial charge in [0.25, 0.3) is 0 Å². The Morgan fingerprint density at radius 2 is 0.845 bits per heavy atom. The highest BCUT2D eigenvalue weighted by Crippen LogP contribution is 2.80. The Kier molecular flexibility index (Phi) is 18.8. The van der Waals surface area contributed by atoms with Gasteiger partial charge in [0.2, 0.25) is 11.1 Å². The van der Waals surface area contributed by atoms with E-state index in [-0.39, 0.29) is 59.4 Å². The number of nitrogens with zero attached hydrogens (tertiary/aromatic N) is 3. The molecule has 8 nitrogen and oxygen atoms in total. The molecule has 2 heterocycles. The third-order valence-corrected chi connectivity index (χ3v) is 32.6. The highest BCUT2D eigenvalue weighted by atomic mass is 35.5. The van der Waals surface area contributed by atoms with Crippen molar-refractivity contribution >= 4 is 45.7 Å². The van der Waals surface area contributed by atoms with Gasteiger partial charge in [-0.3, -0.25) is 19.2 Å². The SMILES string of the molecule is C=C(C)[C@@H]1CC[C@]2(C(=O)Cl)CC[C@]3(C)C(CC[C@@H]4[C@@]5(C)CCC(=O)C(C)(C)C5CC[C@]43C)[C@@H]12.C=C(C)[C@@H]1CC[C@]2(C(=O)N3CCN(c4ccc(C(F)(F)F)cc4)CC3)CC[C@]3(C)C(CC[C@@H]4[C@@]5(C)CCC(=O)C(C)(C)C5CC[C@]43C)[C@@H]12.FC(F)(F)c1ccc(N2CCNCC2)cc1. The molecule has 15 heteroatoms. The molecule has 0 spiro atoms. The van der Waals surface area contributed by atoms with E-state index in [4.69, 9.17) is 11.6 Å². The standard InChI is InChI=1S/C41H57F3N2O2.C30H45ClO2.C11H13F3N2/c1-26(2)29-14-19-40(35(48)46-24-22-45(23-25-46)28-10-8-27(9-11-28)41(42,43)44)21-20-38(6)30(34(29)40)12-13-32-37(5)17-16-33(47)36(3,4)31(37)15-18-39(32,38)7;1-18(2)19-10-15-30(25(31)33)17-16-28(6)20(24(19)30)8-9-22-27(5)13-12-23(32)26(3,4)21(27)11-14-29(22,28)7;12-11(13,14)9-1-3-10(4-2-9)16-7-5-15-6-8-16/h8-11,29-32,34H,1,12-25H2,2-7H3;19-22,24H,1,8-17H2,2-7H3;1-4,15H,5-8H2/t29-,30?,31?,32+,34+,37-,38+,39+,40-;19-,20?,21?,22+,24+,27-,28+,29+,30-;/m00./s1. The Morgan fingerprint density at radius 1 is 0.464 bits per heavy atom. The molecule has 1 N–H and O–H groups in total. The zero-order chi connectivity index (χ0) is 70.4. The predicted octanol–water partition coefficient (Wildman–Crippen LogP) is 19.7. The predicted molar refractivity (Wildman–Crippen MR) is 376 cm³/mol. The lowest BCUT2D eigenvalue weighted by Crippen LogP contribution is -2.67. The molecule has 18 atom stereocenters. The fraction of sp³-hybridized carbons (Fsp3) is 0.756. The van der Waals surface area contributed by atoms with Crippen molar-refractivity contribution in [2.75, 3.05) is 62.2 Å². The van der Waals surface area contributed by atoms with Gasteiger partial charge in [-0.25, -0.2) is 0 Å². The summed E-state index contributed by atoms with van der Waals surface area (Å²) in [5.41, 5.74) is 2.89. The number of hydrogen-bond acceptors (Lipinski definition) is 7. The molecular weight excluding hydrogens is 1250 g/mol. The molecule has 0 bridgehead atoms. The maximum absolute atomic E-state index is 14.9. The van der Waals surface area contributed by atoms with Crippen LogP contribution in [0.2, 0.25) is 0 Å². The summed E-state index contributed by atoms with van der Waals surface area (Å²) < 4.78 is 76.4. The molecular formula is C82H115ClF6N4O4. The van der Waals surface area contributed by atoms with Crippen LogP contribution in [0.4, 0.5) is 37.7 Å². The monoisotopic (exact) mass is 1370 g/mol. The van der Waals surface area contributed by atoms with Crippen molar-refractivity contribution in [2.24, 2.45) is 113 Å². The number of nitrogens with one attached hydrogen (secondary N) is 1. The molecule has 12 fully saturated rings. The Hall–Kier alpha value is -4.17. The summed E-state index contributed by atoms with van der Waals surface area (Å²) in [4.78, 5) is 60.2. The molecule has 2 saturated heterocycles. The van der Waals surface area contributed by atoms with Crippen molar-refractivity contribution in [3.63, 3.8) is 0 Å². The van der Waals surface area contributed by atoms with Gasteiger partial charge in [0, 0.05) is 92.8 Å². The van der Waals surface area contributed by atoms with Crippen LogP contribution in [0.3, 0.4) is 0 Å². The molecule has 2 aliphatic heterocycles. The summed E-state index contributed by atoms with van der Waals surface area (Å²) in [5, 5.41) is 3.12. The Morgan fingerprint density at radius 3 is 1.24 bits per heavy atom. The lowest BCUT2D eigenvalue weighted by molar-refractivity contribution is -0.234. The molecule has 10 saturated carbocycles. The quantitative estimate of drug-likeness (QED) is 0.175. The van der Waals surface area contributed by atoms with Crippen LogP contribution in [0, 0.1) is 113 Å². The van der Waals surface area contributed by atoms with Crippen LogP contribution in [-0.4, -0.2) is 80.0 Å². The minimum atomic E-state index is -4.35. The number of allylic oxidation sites excluding steroid dienone is 2. The van der Waals surface area contributed by atoms with E-state index < -0.39 is 23.5 Å². The fourth-order valence-electron chi connectivity index (χ4n) is 26.7. The van der Waals surface area contributed by atoms with Gasteiger partial charge in [0.15, 0.2) is 0 Å². The summed E-state index contributed by atoms with van der Waals surface area (Å²) in [6, 6.07) is 10.8. The van der Waals surface area contributed by atoms with Crippen LogP contribution < -0.4 is 15.1 Å². The number of amides is 1. The number of anilines is 2. The second-order valence-electron chi connectivity index (χ2n) is 36.4. The molecule has 97 heavy (non-hydrogen) atoms. The van der Waals surface area contributed by atoms with E-state index in [0.717, 1.165) is 145 Å². The number of carbonyl (C=O) groups excluding carboxylic acids is 4. The minimum Gasteiger partial charge on any atom is -0.369 e. The largest absolute Gasteiger partial charge is 0.416 e. The number of Topliss-reactive ketones (excluding diaryl/α,β-unsaturated/α-hetero) is 2. The van der Waals surface area contributed by atoms with E-state index in [1.807, 2.05) is 0 Å². The summed E-state index contributed by atoms with van der Waals surface area (Å²) >= 11 is 6.42. The topological polar surface area (TPSA) is 90.0 Å². The lowest BCUT2D eigenvalue weighted by atomic mass is 9.32. The number of carbonyl (C=O) groups is 4. The molecule has 14 rings (SSSR count). The van der Waals surface area contributed by atoms with E-state index in [1.165, 1.54) is 61.8 Å². The van der Waals surface area contributed by atoms with Gasteiger partial charge in [-0.15, -0.1) is 0 Å². The van der Waals surface area contributed by atoms with Crippen molar-refractivity contribution in [2.45, 2.75) is 224 Å². The highest BCUT2D eigenvalue weighted by Gasteiger charge is 2.74. The normalized spacial score (nSPS) is 41.8. The van der Waals surface area contributed by atoms with Crippen LogP contribution in [0.1, 0.15) is 223 Å². The van der Waals surface area contributed by atoms with Gasteiger partial charge >= 0.3 is 12.4 Å². The molecule has 0 aromatic heterocycles. The van der Waals surface area contributed by atoms with E-state index >= 15 is 0 Å². The molecule has 1 amide bonds. The number of hydrogen-bond donors (Lipinski definition) is 1.